The van der Waals surface area contributed by atoms with Gasteiger partial charge in [0.1, 0.15) is 5.38 Å². The summed E-state index contributed by atoms with van der Waals surface area (Å²) in [4.78, 5) is 28.6. The number of furan rings is 1. The molecule has 2 rings (SSSR count). The van der Waals surface area contributed by atoms with E-state index in [-0.39, 0.29) is 11.8 Å². The van der Waals surface area contributed by atoms with Crippen LogP contribution in [0, 0.1) is 5.92 Å². The first kappa shape index (κ1) is 21.8. The lowest BCUT2D eigenvalue weighted by atomic mass is 10.1. The summed E-state index contributed by atoms with van der Waals surface area (Å²) in [6.45, 7) is 6.73. The molecule has 1 atom stereocenters. The number of amides is 2. The third-order valence-electron chi connectivity index (χ3n) is 4.16. The Morgan fingerprint density at radius 3 is 2.43 bits per heavy atom. The Bertz CT molecular complexity index is 801. The molecule has 0 aliphatic rings. The van der Waals surface area contributed by atoms with Crippen LogP contribution in [0.15, 0.2) is 41.0 Å². The second kappa shape index (κ2) is 9.64. The molecule has 0 aliphatic carbocycles. The molecular weight excluding hydrogens is 378 g/mol. The van der Waals surface area contributed by atoms with Crippen molar-refractivity contribution in [1.29, 1.82) is 0 Å². The molecule has 0 saturated heterocycles. The highest BCUT2D eigenvalue weighted by atomic mass is 35.5. The van der Waals surface area contributed by atoms with Crippen molar-refractivity contribution in [2.75, 3.05) is 30.9 Å². The lowest BCUT2D eigenvalue weighted by molar-refractivity contribution is -0.115. The van der Waals surface area contributed by atoms with Crippen molar-refractivity contribution in [2.24, 2.45) is 5.92 Å². The Morgan fingerprint density at radius 2 is 1.89 bits per heavy atom. The largest absolute Gasteiger partial charge is 0.459 e. The molecule has 0 bridgehead atoms. The molecule has 0 saturated carbocycles. The van der Waals surface area contributed by atoms with Crippen molar-refractivity contribution in [3.8, 4) is 0 Å². The van der Waals surface area contributed by atoms with Gasteiger partial charge in [-0.25, -0.2) is 0 Å². The average Bonchev–Trinajstić information content (AvgIpc) is 3.14. The molecule has 7 heteroatoms. The van der Waals surface area contributed by atoms with Crippen LogP contribution < -0.4 is 10.2 Å². The number of hydrogen-bond acceptors (Lipinski definition) is 4. The summed E-state index contributed by atoms with van der Waals surface area (Å²) >= 11 is 5.86. The fourth-order valence-corrected chi connectivity index (χ4v) is 2.94. The summed E-state index contributed by atoms with van der Waals surface area (Å²) in [5, 5.41) is 2.18. The summed E-state index contributed by atoms with van der Waals surface area (Å²) < 4.78 is 5.30. The summed E-state index contributed by atoms with van der Waals surface area (Å²) in [5.41, 5.74) is 2.54. The molecule has 1 aromatic heterocycles. The molecule has 6 nitrogen and oxygen atoms in total. The number of carbonyl (C=O) groups excluding carboxylic acids is 2. The van der Waals surface area contributed by atoms with Crippen LogP contribution in [-0.4, -0.2) is 42.7 Å². The van der Waals surface area contributed by atoms with Crippen LogP contribution in [0.4, 0.5) is 11.4 Å². The van der Waals surface area contributed by atoms with Gasteiger partial charge < -0.3 is 19.5 Å². The zero-order valence-electron chi connectivity index (χ0n) is 17.0. The van der Waals surface area contributed by atoms with Crippen LogP contribution in [-0.2, 0) is 11.3 Å². The van der Waals surface area contributed by atoms with Gasteiger partial charge in [0.15, 0.2) is 5.76 Å². The van der Waals surface area contributed by atoms with Gasteiger partial charge in [-0.3, -0.25) is 9.59 Å². The Labute approximate surface area is 171 Å². The minimum absolute atomic E-state index is 0.160. The Balaban J connectivity index is 2.35. The molecule has 0 fully saturated rings. The van der Waals surface area contributed by atoms with E-state index in [0.29, 0.717) is 30.5 Å². The van der Waals surface area contributed by atoms with Crippen LogP contribution in [0.1, 0.15) is 36.9 Å². The summed E-state index contributed by atoms with van der Waals surface area (Å²) in [6.07, 6.45) is 1.50. The molecule has 0 radical (unpaired) electrons. The Morgan fingerprint density at radius 1 is 1.18 bits per heavy atom. The van der Waals surface area contributed by atoms with E-state index < -0.39 is 5.38 Å². The number of alkyl halides is 1. The number of benzene rings is 1. The molecule has 2 amide bonds. The molecule has 0 spiro atoms. The first-order chi connectivity index (χ1) is 13.2. The predicted octanol–water partition coefficient (Wildman–Crippen LogP) is 4.21. The van der Waals surface area contributed by atoms with Gasteiger partial charge in [-0.15, -0.1) is 11.6 Å². The second-order valence-electron chi connectivity index (χ2n) is 7.40. The fraction of sp³-hybridized carbons (Fsp3) is 0.429. The zero-order chi connectivity index (χ0) is 20.8. The second-order valence-corrected chi connectivity index (χ2v) is 8.05. The summed E-state index contributed by atoms with van der Waals surface area (Å²) in [6, 6.07) is 9.01. The molecule has 0 unspecified atom stereocenters. The lowest BCUT2D eigenvalue weighted by Crippen LogP contribution is -2.34. The van der Waals surface area contributed by atoms with E-state index in [2.05, 4.69) is 19.2 Å². The van der Waals surface area contributed by atoms with Gasteiger partial charge in [0, 0.05) is 38.6 Å². The maximum Gasteiger partial charge on any atom is 0.289 e. The highest BCUT2D eigenvalue weighted by molar-refractivity contribution is 6.32. The van der Waals surface area contributed by atoms with Gasteiger partial charge in [-0.1, -0.05) is 13.8 Å². The Kier molecular flexibility index (Phi) is 7.52. The number of carbonyl (C=O) groups is 2. The van der Waals surface area contributed by atoms with Gasteiger partial charge in [0.05, 0.1) is 6.26 Å². The molecule has 0 aliphatic heterocycles. The Hall–Kier alpha value is -2.47. The molecule has 28 heavy (non-hydrogen) atoms. The smallest absolute Gasteiger partial charge is 0.289 e. The molecule has 152 valence electrons. The number of nitrogens with zero attached hydrogens (tertiary/aromatic N) is 2. The van der Waals surface area contributed by atoms with Crippen molar-refractivity contribution in [2.45, 2.75) is 32.7 Å². The monoisotopic (exact) mass is 405 g/mol. The standard InChI is InChI=1S/C21H28ClN3O3/c1-14(2)12-25(21(27)19-7-6-10-28-19)13-16-11-17(23-20(26)15(3)22)8-9-18(16)24(4)5/h6-11,14-15H,12-13H2,1-5H3,(H,23,26)/t15-/m0/s1. The van der Waals surface area contributed by atoms with Crippen molar-refractivity contribution in [3.63, 3.8) is 0 Å². The van der Waals surface area contributed by atoms with Crippen LogP contribution in [0.5, 0.6) is 0 Å². The number of hydrogen-bond donors (Lipinski definition) is 1. The van der Waals surface area contributed by atoms with E-state index in [1.807, 2.05) is 37.2 Å². The SMILES string of the molecule is CC(C)CN(Cc1cc(NC(=O)[C@H](C)Cl)ccc1N(C)C)C(=O)c1ccco1. The highest BCUT2D eigenvalue weighted by Gasteiger charge is 2.21. The van der Waals surface area contributed by atoms with Gasteiger partial charge in [0.25, 0.3) is 5.91 Å². The topological polar surface area (TPSA) is 65.8 Å². The third-order valence-corrected chi connectivity index (χ3v) is 4.35. The van der Waals surface area contributed by atoms with Gasteiger partial charge in [-0.2, -0.15) is 0 Å². The van der Waals surface area contributed by atoms with Crippen molar-refractivity contribution in [3.05, 3.63) is 47.9 Å². The minimum atomic E-state index is -0.630. The van der Waals surface area contributed by atoms with Crippen LogP contribution in [0.2, 0.25) is 0 Å². The van der Waals surface area contributed by atoms with Crippen molar-refractivity contribution < 1.29 is 14.0 Å². The van der Waals surface area contributed by atoms with Gasteiger partial charge >= 0.3 is 0 Å². The van der Waals surface area contributed by atoms with Crippen LogP contribution >= 0.6 is 11.6 Å². The summed E-state index contributed by atoms with van der Waals surface area (Å²) in [7, 11) is 3.89. The lowest BCUT2D eigenvalue weighted by Gasteiger charge is -2.27. The molecule has 1 N–H and O–H groups in total. The average molecular weight is 406 g/mol. The van der Waals surface area contributed by atoms with Gasteiger partial charge in [-0.05, 0) is 48.7 Å². The molecular formula is C21H28ClN3O3. The van der Waals surface area contributed by atoms with Gasteiger partial charge in [0.2, 0.25) is 5.91 Å². The third kappa shape index (κ3) is 5.76. The number of nitrogens with one attached hydrogen (secondary N) is 1. The minimum Gasteiger partial charge on any atom is -0.459 e. The maximum absolute atomic E-state index is 12.9. The van der Waals surface area contributed by atoms with E-state index in [1.165, 1.54) is 6.26 Å². The van der Waals surface area contributed by atoms with Crippen LogP contribution in [0.3, 0.4) is 0 Å². The van der Waals surface area contributed by atoms with Crippen molar-refractivity contribution in [1.82, 2.24) is 4.90 Å². The first-order valence-electron chi connectivity index (χ1n) is 9.27. The molecule has 1 aromatic carbocycles. The molecule has 2 aromatic rings. The maximum atomic E-state index is 12.9. The van der Waals surface area contributed by atoms with Crippen molar-refractivity contribution >= 4 is 34.8 Å². The number of halogens is 1. The number of anilines is 2. The fourth-order valence-electron chi connectivity index (χ4n) is 2.89. The quantitative estimate of drug-likeness (QED) is 0.668. The summed E-state index contributed by atoms with van der Waals surface area (Å²) in [5.74, 6) is 0.178. The molecule has 1 heterocycles. The highest BCUT2D eigenvalue weighted by Crippen LogP contribution is 2.26. The zero-order valence-corrected chi connectivity index (χ0v) is 17.8. The van der Waals surface area contributed by atoms with E-state index in [1.54, 1.807) is 24.0 Å². The first-order valence-corrected chi connectivity index (χ1v) is 9.70. The van der Waals surface area contributed by atoms with E-state index in [9.17, 15) is 9.59 Å². The van der Waals surface area contributed by atoms with E-state index in [0.717, 1.165) is 11.3 Å². The number of rotatable bonds is 8. The van der Waals surface area contributed by atoms with Crippen LogP contribution in [0.25, 0.3) is 0 Å². The van der Waals surface area contributed by atoms with E-state index in [4.69, 9.17) is 16.0 Å². The van der Waals surface area contributed by atoms with E-state index >= 15 is 0 Å². The normalized spacial score (nSPS) is 12.0. The predicted molar refractivity (Wildman–Crippen MR) is 113 cm³/mol.